The molecule has 1 heterocycles. The van der Waals surface area contributed by atoms with Gasteiger partial charge in [0.05, 0.1) is 6.54 Å². The SMILES string of the molecule is C1=NCC[NH2+]1.[NH4+]. The van der Waals surface area contributed by atoms with Gasteiger partial charge < -0.3 is 11.5 Å². The molecule has 6 heavy (non-hydrogen) atoms. The van der Waals surface area contributed by atoms with Gasteiger partial charge in [-0.15, -0.1) is 0 Å². The van der Waals surface area contributed by atoms with E-state index in [1.807, 2.05) is 6.34 Å². The van der Waals surface area contributed by atoms with Crippen molar-refractivity contribution in [2.75, 3.05) is 13.1 Å². The molecule has 0 radical (unpaired) electrons. The van der Waals surface area contributed by atoms with Crippen LogP contribution in [0.4, 0.5) is 0 Å². The Morgan fingerprint density at radius 1 is 1.67 bits per heavy atom. The van der Waals surface area contributed by atoms with Crippen LogP contribution >= 0.6 is 0 Å². The summed E-state index contributed by atoms with van der Waals surface area (Å²) >= 11 is 0. The largest absolute Gasteiger partial charge is 0.369 e. The Labute approximate surface area is 37.0 Å². The second-order valence-electron chi connectivity index (χ2n) is 1.08. The molecule has 0 amide bonds. The summed E-state index contributed by atoms with van der Waals surface area (Å²) < 4.78 is 0. The highest BCUT2D eigenvalue weighted by Crippen LogP contribution is 1.59. The van der Waals surface area contributed by atoms with Gasteiger partial charge in [0.2, 0.25) is 0 Å². The van der Waals surface area contributed by atoms with Crippen molar-refractivity contribution >= 4 is 6.34 Å². The van der Waals surface area contributed by atoms with Gasteiger partial charge >= 0.3 is 0 Å². The number of nitrogens with two attached hydrogens (primary N) is 1. The summed E-state index contributed by atoms with van der Waals surface area (Å²) in [6.45, 7) is 2.17. The number of hydrogen-bond acceptors (Lipinski definition) is 1. The van der Waals surface area contributed by atoms with E-state index in [4.69, 9.17) is 0 Å². The lowest BCUT2D eigenvalue weighted by atomic mass is 10.7. The van der Waals surface area contributed by atoms with Crippen molar-refractivity contribution in [2.45, 2.75) is 0 Å². The third-order valence-electron chi connectivity index (χ3n) is 0.636. The average Bonchev–Trinajstić information content (AvgIpc) is 1.76. The highest BCUT2D eigenvalue weighted by Gasteiger charge is 1.88. The van der Waals surface area contributed by atoms with Gasteiger partial charge in [0.1, 0.15) is 6.54 Å². The molecular weight excluding hydrogens is 78.1 g/mol. The summed E-state index contributed by atoms with van der Waals surface area (Å²) in [5, 5.41) is 2.07. The van der Waals surface area contributed by atoms with E-state index in [1.54, 1.807) is 0 Å². The molecule has 0 fully saturated rings. The first kappa shape index (κ1) is 5.59. The van der Waals surface area contributed by atoms with Crippen LogP contribution in [0, 0.1) is 0 Å². The van der Waals surface area contributed by atoms with Crippen LogP contribution in [0.1, 0.15) is 0 Å². The number of quaternary nitrogens is 2. The van der Waals surface area contributed by atoms with E-state index >= 15 is 0 Å². The molecule has 0 saturated carbocycles. The summed E-state index contributed by atoms with van der Waals surface area (Å²) in [6, 6.07) is 0. The molecule has 3 heteroatoms. The van der Waals surface area contributed by atoms with Gasteiger partial charge in [0.15, 0.2) is 6.34 Å². The lowest BCUT2D eigenvalue weighted by Gasteiger charge is -1.68. The van der Waals surface area contributed by atoms with Crippen LogP contribution in [0.5, 0.6) is 0 Å². The Hall–Kier alpha value is -0.410. The Bertz CT molecular complexity index is 44.0. The number of aliphatic imine (C=N–C) groups is 1. The molecule has 0 unspecified atom stereocenters. The lowest BCUT2D eigenvalue weighted by molar-refractivity contribution is -0.518. The zero-order chi connectivity index (χ0) is 3.54. The fourth-order valence-corrected chi connectivity index (χ4v) is 0.373. The van der Waals surface area contributed by atoms with E-state index in [1.165, 1.54) is 0 Å². The second-order valence-corrected chi connectivity index (χ2v) is 1.08. The number of hydrogen-bond donors (Lipinski definition) is 2. The first-order valence-electron chi connectivity index (χ1n) is 1.82. The molecule has 0 atom stereocenters. The highest BCUT2D eigenvalue weighted by molar-refractivity contribution is 5.42. The van der Waals surface area contributed by atoms with E-state index in [-0.39, 0.29) is 6.15 Å². The molecule has 1 aliphatic heterocycles. The number of nitrogens with zero attached hydrogens (tertiary/aromatic N) is 1. The van der Waals surface area contributed by atoms with E-state index in [0.717, 1.165) is 13.1 Å². The zero-order valence-electron chi connectivity index (χ0n) is 4.02. The van der Waals surface area contributed by atoms with Crippen molar-refractivity contribution in [3.63, 3.8) is 0 Å². The van der Waals surface area contributed by atoms with Gasteiger partial charge in [-0.3, -0.25) is 0 Å². The molecule has 6 N–H and O–H groups in total. The first-order chi connectivity index (χ1) is 2.50. The number of rotatable bonds is 0. The van der Waals surface area contributed by atoms with Crippen molar-refractivity contribution in [3.8, 4) is 0 Å². The molecule has 0 aromatic carbocycles. The van der Waals surface area contributed by atoms with Crippen molar-refractivity contribution in [2.24, 2.45) is 4.99 Å². The van der Waals surface area contributed by atoms with Crippen LogP contribution < -0.4 is 11.5 Å². The average molecular weight is 89.1 g/mol. The van der Waals surface area contributed by atoms with Crippen molar-refractivity contribution in [3.05, 3.63) is 0 Å². The maximum atomic E-state index is 3.90. The zero-order valence-corrected chi connectivity index (χ0v) is 4.02. The quantitative estimate of drug-likeness (QED) is 0.381. The molecule has 0 aliphatic carbocycles. The summed E-state index contributed by atoms with van der Waals surface area (Å²) in [7, 11) is 0. The smallest absolute Gasteiger partial charge is 0.182 e. The normalized spacial score (nSPS) is 17.3. The minimum Gasteiger partial charge on any atom is -0.369 e. The Morgan fingerprint density at radius 3 is 2.67 bits per heavy atom. The maximum Gasteiger partial charge on any atom is 0.182 e. The van der Waals surface area contributed by atoms with Gasteiger partial charge in [0, 0.05) is 0 Å². The van der Waals surface area contributed by atoms with E-state index in [2.05, 4.69) is 10.3 Å². The van der Waals surface area contributed by atoms with Gasteiger partial charge in [0.25, 0.3) is 0 Å². The Balaban J connectivity index is 0.000000250. The van der Waals surface area contributed by atoms with Crippen LogP contribution in [0.15, 0.2) is 4.99 Å². The summed E-state index contributed by atoms with van der Waals surface area (Å²) in [5.41, 5.74) is 0. The maximum absolute atomic E-state index is 3.90. The standard InChI is InChI=1S/C3H6N2.H3N/c1-2-5-3-4-1;/h3H,1-2H2,(H,4,5);1H3/p+2. The summed E-state index contributed by atoms with van der Waals surface area (Å²) in [5.74, 6) is 0. The van der Waals surface area contributed by atoms with Crippen molar-refractivity contribution < 1.29 is 5.32 Å². The predicted molar refractivity (Wildman–Crippen MR) is 26.1 cm³/mol. The van der Waals surface area contributed by atoms with Crippen LogP contribution in [0.2, 0.25) is 0 Å². The van der Waals surface area contributed by atoms with Crippen LogP contribution in [-0.2, 0) is 0 Å². The molecule has 3 nitrogen and oxygen atoms in total. The van der Waals surface area contributed by atoms with Crippen LogP contribution in [0.3, 0.4) is 0 Å². The van der Waals surface area contributed by atoms with E-state index in [9.17, 15) is 0 Å². The van der Waals surface area contributed by atoms with Gasteiger partial charge in [-0.05, 0) is 0 Å². The van der Waals surface area contributed by atoms with E-state index in [0.29, 0.717) is 0 Å². The fraction of sp³-hybridized carbons (Fsp3) is 0.667. The van der Waals surface area contributed by atoms with Gasteiger partial charge in [-0.1, -0.05) is 0 Å². The molecule has 0 spiro atoms. The van der Waals surface area contributed by atoms with Crippen LogP contribution in [-0.4, -0.2) is 19.4 Å². The molecule has 1 aliphatic rings. The molecule has 0 saturated heterocycles. The summed E-state index contributed by atoms with van der Waals surface area (Å²) in [4.78, 5) is 3.90. The molecule has 0 aromatic heterocycles. The molecule has 1 rings (SSSR count). The van der Waals surface area contributed by atoms with E-state index < -0.39 is 0 Å². The molecule has 36 valence electrons. The van der Waals surface area contributed by atoms with Crippen LogP contribution in [0.25, 0.3) is 0 Å². The third-order valence-corrected chi connectivity index (χ3v) is 0.636. The Kier molecular flexibility index (Phi) is 2.62. The minimum absolute atomic E-state index is 0. The molecule has 0 aromatic rings. The van der Waals surface area contributed by atoms with Crippen molar-refractivity contribution in [1.29, 1.82) is 0 Å². The third kappa shape index (κ3) is 1.14. The van der Waals surface area contributed by atoms with Gasteiger partial charge in [-0.2, -0.15) is 0 Å². The predicted octanol–water partition coefficient (Wildman–Crippen LogP) is -1.03. The van der Waals surface area contributed by atoms with Crippen molar-refractivity contribution in [1.82, 2.24) is 6.15 Å². The minimum atomic E-state index is 0. The highest BCUT2D eigenvalue weighted by atomic mass is 15.0. The topological polar surface area (TPSA) is 65.5 Å². The first-order valence-corrected chi connectivity index (χ1v) is 1.82. The van der Waals surface area contributed by atoms with Gasteiger partial charge in [-0.25, -0.2) is 4.99 Å². The lowest BCUT2D eigenvalue weighted by Crippen LogP contribution is -2.80. The molecular formula is C3H11N3+2. The summed E-state index contributed by atoms with van der Waals surface area (Å²) in [6.07, 6.45) is 1.86. The monoisotopic (exact) mass is 89.1 g/mol. The second kappa shape index (κ2) is 2.81. The Morgan fingerprint density at radius 2 is 2.50 bits per heavy atom. The fourth-order valence-electron chi connectivity index (χ4n) is 0.373. The molecule has 0 bridgehead atoms.